The molecule has 2 aromatic carbocycles. The maximum Gasteiger partial charge on any atom is 0.341 e. The van der Waals surface area contributed by atoms with E-state index in [2.05, 4.69) is 26.2 Å². The zero-order chi connectivity index (χ0) is 21.0. The predicted octanol–water partition coefficient (Wildman–Crippen LogP) is 1.67. The number of para-hydroxylation sites is 1. The fraction of sp³-hybridized carbons (Fsp3) is 0.333. The molecule has 0 radical (unpaired) electrons. The number of rotatable bonds is 6. The second-order valence-corrected chi connectivity index (χ2v) is 7.40. The second kappa shape index (κ2) is 8.70. The van der Waals surface area contributed by atoms with Gasteiger partial charge in [0.15, 0.2) is 0 Å². The van der Waals surface area contributed by atoms with Gasteiger partial charge in [-0.15, -0.1) is 0 Å². The molecule has 31 heavy (non-hydrogen) atoms. The highest BCUT2D eigenvalue weighted by molar-refractivity contribution is 5.74. The van der Waals surface area contributed by atoms with Crippen LogP contribution in [0, 0.1) is 0 Å². The molecule has 10 nitrogen and oxygen atoms in total. The van der Waals surface area contributed by atoms with Crippen LogP contribution in [0.15, 0.2) is 60.7 Å². The molecule has 2 fully saturated rings. The number of tetrazole rings is 1. The van der Waals surface area contributed by atoms with Crippen LogP contribution in [0.25, 0.3) is 0 Å². The summed E-state index contributed by atoms with van der Waals surface area (Å²) >= 11 is 0. The van der Waals surface area contributed by atoms with Crippen molar-refractivity contribution in [3.05, 3.63) is 66.2 Å². The molecule has 2 saturated heterocycles. The molecule has 2 aliphatic heterocycles. The lowest BCUT2D eigenvalue weighted by Gasteiger charge is -2.18. The molecule has 0 bridgehead atoms. The average Bonchev–Trinajstić information content (AvgIpc) is 3.52. The third kappa shape index (κ3) is 4.21. The summed E-state index contributed by atoms with van der Waals surface area (Å²) in [5.74, 6) is 0.635. The van der Waals surface area contributed by atoms with Crippen LogP contribution in [0.4, 0.5) is 4.79 Å². The monoisotopic (exact) mass is 422 g/mol. The Bertz CT molecular complexity index is 1010. The molecule has 2 amide bonds. The van der Waals surface area contributed by atoms with Crippen molar-refractivity contribution in [1.29, 1.82) is 0 Å². The highest BCUT2D eigenvalue weighted by Gasteiger charge is 2.50. The highest BCUT2D eigenvalue weighted by Crippen LogP contribution is 2.35. The molecule has 0 spiro atoms. The molecule has 1 aromatic heterocycles. The lowest BCUT2D eigenvalue weighted by atomic mass is 10.1. The molecule has 10 heteroatoms. The summed E-state index contributed by atoms with van der Waals surface area (Å²) in [6.45, 7) is 1.15. The lowest BCUT2D eigenvalue weighted by Crippen LogP contribution is -2.48. The van der Waals surface area contributed by atoms with Crippen LogP contribution in [-0.2, 0) is 16.0 Å². The molecular formula is C21H22N6O4. The molecule has 2 aliphatic rings. The van der Waals surface area contributed by atoms with Crippen LogP contribution in [-0.4, -0.2) is 57.7 Å². The Morgan fingerprint density at radius 2 is 1.77 bits per heavy atom. The van der Waals surface area contributed by atoms with Gasteiger partial charge in [0.25, 0.3) is 0 Å². The summed E-state index contributed by atoms with van der Waals surface area (Å²) in [6, 6.07) is 18.5. The molecule has 2 N–H and O–H groups in total. The maximum absolute atomic E-state index is 12.3. The van der Waals surface area contributed by atoms with E-state index < -0.39 is 0 Å². The third-order valence-corrected chi connectivity index (χ3v) is 5.37. The van der Waals surface area contributed by atoms with E-state index >= 15 is 0 Å². The molecule has 5 rings (SSSR count). The van der Waals surface area contributed by atoms with Crippen LogP contribution >= 0.6 is 0 Å². The van der Waals surface area contributed by atoms with Crippen molar-refractivity contribution in [2.75, 3.05) is 13.2 Å². The number of fused-ring (bicyclic) bond motifs is 1. The van der Waals surface area contributed by atoms with Gasteiger partial charge in [0.1, 0.15) is 24.0 Å². The number of ether oxygens (including phenoxy) is 3. The number of hydrogen-bond acceptors (Lipinski definition) is 7. The van der Waals surface area contributed by atoms with Crippen molar-refractivity contribution in [3.8, 4) is 11.8 Å². The van der Waals surface area contributed by atoms with Gasteiger partial charge in [-0.2, -0.15) is 4.68 Å². The van der Waals surface area contributed by atoms with Crippen LogP contribution in [0.3, 0.4) is 0 Å². The van der Waals surface area contributed by atoms with Gasteiger partial charge >= 0.3 is 12.0 Å². The number of amides is 2. The molecule has 0 aliphatic carbocycles. The summed E-state index contributed by atoms with van der Waals surface area (Å²) in [5.41, 5.74) is 1.03. The van der Waals surface area contributed by atoms with Crippen molar-refractivity contribution >= 4 is 6.03 Å². The number of carbonyl (C=O) groups is 1. The van der Waals surface area contributed by atoms with E-state index in [1.807, 2.05) is 60.7 Å². The van der Waals surface area contributed by atoms with E-state index in [-0.39, 0.29) is 36.3 Å². The van der Waals surface area contributed by atoms with Crippen molar-refractivity contribution < 1.29 is 19.0 Å². The van der Waals surface area contributed by atoms with Crippen molar-refractivity contribution in [1.82, 2.24) is 30.8 Å². The Morgan fingerprint density at radius 1 is 1.03 bits per heavy atom. The molecule has 3 heterocycles. The predicted molar refractivity (Wildman–Crippen MR) is 108 cm³/mol. The van der Waals surface area contributed by atoms with E-state index in [1.165, 1.54) is 0 Å². The quantitative estimate of drug-likeness (QED) is 0.621. The van der Waals surface area contributed by atoms with Crippen LogP contribution in [0.5, 0.6) is 11.8 Å². The second-order valence-electron chi connectivity index (χ2n) is 7.40. The lowest BCUT2D eigenvalue weighted by molar-refractivity contribution is 0.0613. The summed E-state index contributed by atoms with van der Waals surface area (Å²) in [4.78, 5) is 12.3. The summed E-state index contributed by atoms with van der Waals surface area (Å²) < 4.78 is 19.3. The van der Waals surface area contributed by atoms with E-state index in [0.717, 1.165) is 5.56 Å². The van der Waals surface area contributed by atoms with Gasteiger partial charge in [-0.05, 0) is 28.1 Å². The normalized spacial score (nSPS) is 24.5. The van der Waals surface area contributed by atoms with Gasteiger partial charge < -0.3 is 24.8 Å². The summed E-state index contributed by atoms with van der Waals surface area (Å²) in [6.07, 6.45) is -0.581. The van der Waals surface area contributed by atoms with Crippen molar-refractivity contribution in [3.63, 3.8) is 0 Å². The van der Waals surface area contributed by atoms with Gasteiger partial charge in [0.2, 0.25) is 0 Å². The SMILES string of the molecule is O=C(NCc1ccccc1)NC1COC2C1OCC2n1nnnc1Oc1ccccc1. The first-order chi connectivity index (χ1) is 15.3. The Labute approximate surface area is 178 Å². The Morgan fingerprint density at radius 3 is 2.58 bits per heavy atom. The van der Waals surface area contributed by atoms with E-state index in [1.54, 1.807) is 4.68 Å². The van der Waals surface area contributed by atoms with Gasteiger partial charge in [-0.1, -0.05) is 53.6 Å². The Kier molecular flexibility index (Phi) is 5.46. The molecule has 4 atom stereocenters. The molecule has 160 valence electrons. The zero-order valence-corrected chi connectivity index (χ0v) is 16.6. The minimum Gasteiger partial charge on any atom is -0.423 e. The first-order valence-electron chi connectivity index (χ1n) is 10.1. The minimum absolute atomic E-state index is 0.252. The van der Waals surface area contributed by atoms with E-state index in [4.69, 9.17) is 14.2 Å². The summed E-state index contributed by atoms with van der Waals surface area (Å²) in [7, 11) is 0. The number of urea groups is 1. The van der Waals surface area contributed by atoms with Crippen LogP contribution in [0.1, 0.15) is 11.6 Å². The summed E-state index contributed by atoms with van der Waals surface area (Å²) in [5, 5.41) is 17.6. The number of nitrogens with zero attached hydrogens (tertiary/aromatic N) is 4. The zero-order valence-electron chi connectivity index (χ0n) is 16.6. The molecule has 0 saturated carbocycles. The van der Waals surface area contributed by atoms with Crippen molar-refractivity contribution in [2.24, 2.45) is 0 Å². The topological polar surface area (TPSA) is 112 Å². The number of carbonyl (C=O) groups excluding carboxylic acids is 1. The first kappa shape index (κ1) is 19.5. The molecule has 4 unspecified atom stereocenters. The third-order valence-electron chi connectivity index (χ3n) is 5.37. The van der Waals surface area contributed by atoms with E-state index in [9.17, 15) is 4.79 Å². The number of nitrogens with one attached hydrogen (secondary N) is 2. The van der Waals surface area contributed by atoms with Crippen molar-refractivity contribution in [2.45, 2.75) is 30.8 Å². The first-order valence-corrected chi connectivity index (χ1v) is 10.1. The minimum atomic E-state index is -0.291. The fourth-order valence-corrected chi connectivity index (χ4v) is 3.86. The van der Waals surface area contributed by atoms with Gasteiger partial charge in [0.05, 0.1) is 19.3 Å². The number of benzene rings is 2. The van der Waals surface area contributed by atoms with Crippen LogP contribution in [0.2, 0.25) is 0 Å². The van der Waals surface area contributed by atoms with E-state index in [0.29, 0.717) is 25.5 Å². The average molecular weight is 422 g/mol. The van der Waals surface area contributed by atoms with Gasteiger partial charge in [-0.25, -0.2) is 4.79 Å². The van der Waals surface area contributed by atoms with Gasteiger partial charge in [0, 0.05) is 6.54 Å². The molecular weight excluding hydrogens is 400 g/mol. The maximum atomic E-state index is 12.3. The highest BCUT2D eigenvalue weighted by atomic mass is 16.6. The van der Waals surface area contributed by atoms with Gasteiger partial charge in [-0.3, -0.25) is 0 Å². The largest absolute Gasteiger partial charge is 0.423 e. The Hall–Kier alpha value is -3.50. The van der Waals surface area contributed by atoms with Crippen LogP contribution < -0.4 is 15.4 Å². The number of hydrogen-bond donors (Lipinski definition) is 2. The standard InChI is InChI=1S/C21H22N6O4/c28-20(22-11-14-7-3-1-4-8-14)23-16-12-29-19-17(13-30-18(16)19)27-21(24-25-26-27)31-15-9-5-2-6-10-15/h1-10,16-19H,11-13H2,(H2,22,23,28). The fourth-order valence-electron chi connectivity index (χ4n) is 3.86. The number of aromatic nitrogens is 4. The molecule has 3 aromatic rings. The Balaban J connectivity index is 1.20. The smallest absolute Gasteiger partial charge is 0.341 e.